The van der Waals surface area contributed by atoms with E-state index in [9.17, 15) is 18.3 Å². The molecule has 3 aromatic rings. The molecular formula is C29H43N7O4S. The summed E-state index contributed by atoms with van der Waals surface area (Å²) < 4.78 is 27.3. The van der Waals surface area contributed by atoms with Crippen LogP contribution in [0.1, 0.15) is 85.8 Å². The van der Waals surface area contributed by atoms with E-state index < -0.39 is 16.3 Å². The lowest BCUT2D eigenvalue weighted by Crippen LogP contribution is -2.48. The molecule has 0 radical (unpaired) electrons. The van der Waals surface area contributed by atoms with Gasteiger partial charge in [-0.2, -0.15) is 5.10 Å². The predicted octanol–water partition coefficient (Wildman–Crippen LogP) is 2.70. The summed E-state index contributed by atoms with van der Waals surface area (Å²) in [7, 11) is -3.13. The van der Waals surface area contributed by atoms with Crippen molar-refractivity contribution in [3.8, 4) is 0 Å². The van der Waals surface area contributed by atoms with Crippen LogP contribution in [0.15, 0.2) is 23.1 Å². The van der Waals surface area contributed by atoms with Gasteiger partial charge in [0.15, 0.2) is 5.65 Å². The van der Waals surface area contributed by atoms with Crippen LogP contribution < -0.4 is 10.9 Å². The Morgan fingerprint density at radius 3 is 2.39 bits per heavy atom. The fourth-order valence-corrected chi connectivity index (χ4v) is 7.26. The number of aromatic nitrogens is 4. The van der Waals surface area contributed by atoms with Gasteiger partial charge in [0.1, 0.15) is 6.23 Å². The smallest absolute Gasteiger partial charge is 0.252 e. The molecule has 5 rings (SSSR count). The molecule has 2 aliphatic heterocycles. The Balaban J connectivity index is 1.33. The quantitative estimate of drug-likeness (QED) is 0.344. The number of nitrogens with zero attached hydrogens (tertiary/aromatic N) is 5. The lowest BCUT2D eigenvalue weighted by Gasteiger charge is -2.41. The summed E-state index contributed by atoms with van der Waals surface area (Å²) in [4.78, 5) is 22.9. The maximum absolute atomic E-state index is 12.5. The summed E-state index contributed by atoms with van der Waals surface area (Å²) in [6.45, 7) is 11.2. The van der Waals surface area contributed by atoms with Crippen LogP contribution in [0.25, 0.3) is 11.0 Å². The molecule has 0 saturated carbocycles. The van der Waals surface area contributed by atoms with Crippen LogP contribution in [-0.2, 0) is 16.6 Å². The fraction of sp³-hybridized carbons (Fsp3) is 0.621. The summed E-state index contributed by atoms with van der Waals surface area (Å²) in [6.07, 6.45) is 5.67. The van der Waals surface area contributed by atoms with Crippen LogP contribution in [-0.4, -0.2) is 81.0 Å². The van der Waals surface area contributed by atoms with Crippen LogP contribution >= 0.6 is 0 Å². The van der Waals surface area contributed by atoms with E-state index in [-0.39, 0.29) is 24.1 Å². The molecule has 2 saturated heterocycles. The minimum absolute atomic E-state index is 0.113. The predicted molar refractivity (Wildman–Crippen MR) is 159 cm³/mol. The van der Waals surface area contributed by atoms with Crippen LogP contribution in [0, 0.1) is 13.8 Å². The zero-order valence-corrected chi connectivity index (χ0v) is 25.5. The zero-order chi connectivity index (χ0) is 29.5. The number of hydrogen-bond acceptors (Lipinski definition) is 8. The number of fused-ring (bicyclic) bond motifs is 1. The third kappa shape index (κ3) is 6.41. The largest absolute Gasteiger partial charge is 0.374 e. The Hall–Kier alpha value is -2.64. The van der Waals surface area contributed by atoms with Gasteiger partial charge in [0.05, 0.1) is 12.5 Å². The molecule has 3 N–H and O–H groups in total. The Bertz CT molecular complexity index is 1550. The average molecular weight is 586 g/mol. The van der Waals surface area contributed by atoms with E-state index in [4.69, 9.17) is 4.98 Å². The van der Waals surface area contributed by atoms with E-state index in [1.54, 1.807) is 10.5 Å². The summed E-state index contributed by atoms with van der Waals surface area (Å²) in [5.74, 6) is 0.246. The van der Waals surface area contributed by atoms with E-state index in [1.807, 2.05) is 30.7 Å². The number of nitrogens with one attached hydrogen (secondary N) is 2. The van der Waals surface area contributed by atoms with Crippen molar-refractivity contribution in [3.05, 3.63) is 56.8 Å². The third-order valence-corrected chi connectivity index (χ3v) is 10.0. The monoisotopic (exact) mass is 585 g/mol. The second kappa shape index (κ2) is 11.9. The van der Waals surface area contributed by atoms with Gasteiger partial charge in [-0.05, 0) is 84.2 Å². The van der Waals surface area contributed by atoms with Gasteiger partial charge in [0, 0.05) is 65.5 Å². The summed E-state index contributed by atoms with van der Waals surface area (Å²) in [5, 5.41) is 19.9. The highest BCUT2D eigenvalue weighted by Gasteiger charge is 2.32. The minimum Gasteiger partial charge on any atom is -0.374 e. The van der Waals surface area contributed by atoms with Gasteiger partial charge in [0.25, 0.3) is 5.56 Å². The van der Waals surface area contributed by atoms with Crippen LogP contribution in [0.4, 0.5) is 0 Å². The van der Waals surface area contributed by atoms with Gasteiger partial charge in [-0.3, -0.25) is 10.1 Å². The highest BCUT2D eigenvalue weighted by molar-refractivity contribution is 7.88. The molecule has 0 bridgehead atoms. The van der Waals surface area contributed by atoms with Crippen LogP contribution in [0.2, 0.25) is 0 Å². The van der Waals surface area contributed by atoms with Crippen LogP contribution in [0.3, 0.4) is 0 Å². The third-order valence-electron chi connectivity index (χ3n) is 8.72. The number of piperidine rings is 2. The molecule has 12 heteroatoms. The first-order chi connectivity index (χ1) is 19.4. The summed E-state index contributed by atoms with van der Waals surface area (Å²) >= 11 is 0. The molecule has 0 amide bonds. The van der Waals surface area contributed by atoms with Crippen molar-refractivity contribution in [2.75, 3.05) is 32.4 Å². The topological polar surface area (TPSA) is 136 Å². The number of pyridine rings is 2. The number of aromatic amines is 1. The maximum Gasteiger partial charge on any atom is 0.252 e. The molecule has 5 heterocycles. The van der Waals surface area contributed by atoms with E-state index in [2.05, 4.69) is 34.1 Å². The van der Waals surface area contributed by atoms with Gasteiger partial charge >= 0.3 is 0 Å². The highest BCUT2D eigenvalue weighted by Crippen LogP contribution is 2.34. The van der Waals surface area contributed by atoms with Crippen LogP contribution in [0.5, 0.6) is 0 Å². The number of aliphatic hydroxyl groups excluding tert-OH is 1. The van der Waals surface area contributed by atoms with E-state index in [0.29, 0.717) is 30.3 Å². The van der Waals surface area contributed by atoms with Gasteiger partial charge in [-0.1, -0.05) is 0 Å². The lowest BCUT2D eigenvalue weighted by molar-refractivity contribution is 0.110. The molecular weight excluding hydrogens is 542 g/mol. The van der Waals surface area contributed by atoms with Crippen molar-refractivity contribution in [2.45, 2.75) is 84.2 Å². The minimum atomic E-state index is -3.13. The number of H-pyrrole nitrogens is 1. The standard InChI is InChI=1S/C29H43N7O4S/c1-18(2)36-27-25(17-31-36)23(28(37)30-16-24-19(3)14-20(4)32-29(24)38)15-26(33-27)21-6-10-34(11-7-21)22-8-12-35(13-9-22)41(5,39)40/h14-15,17-18,21-22,28,30,37H,6-13,16H2,1-5H3,(H,32,38). The molecule has 0 spiro atoms. The van der Waals surface area contributed by atoms with Gasteiger partial charge in [0.2, 0.25) is 10.0 Å². The number of likely N-dealkylation sites (tertiary alicyclic amines) is 1. The number of hydrogen-bond donors (Lipinski definition) is 3. The molecule has 224 valence electrons. The average Bonchev–Trinajstić information content (AvgIpc) is 3.36. The normalized spacial score (nSPS) is 19.4. The fourth-order valence-electron chi connectivity index (χ4n) is 6.39. The maximum atomic E-state index is 12.5. The second-order valence-corrected chi connectivity index (χ2v) is 14.0. The Labute approximate surface area is 242 Å². The summed E-state index contributed by atoms with van der Waals surface area (Å²) in [5.41, 5.74) is 4.57. The summed E-state index contributed by atoms with van der Waals surface area (Å²) in [6, 6.07) is 4.45. The number of aliphatic hydroxyl groups is 1. The SMILES string of the molecule is Cc1cc(C)c(CNC(O)c2cc(C3CCN(C4CCN(S(C)(=O)=O)CC4)CC3)nc3c2cnn3C(C)C)c(=O)[nH]1. The number of aryl methyl sites for hydroxylation is 2. The zero-order valence-electron chi connectivity index (χ0n) is 24.7. The van der Waals surface area contributed by atoms with Gasteiger partial charge < -0.3 is 15.0 Å². The molecule has 11 nitrogen and oxygen atoms in total. The van der Waals surface area contributed by atoms with E-state index in [0.717, 1.165) is 66.8 Å². The molecule has 1 unspecified atom stereocenters. The van der Waals surface area contributed by atoms with E-state index in [1.165, 1.54) is 6.26 Å². The molecule has 0 aliphatic carbocycles. The van der Waals surface area contributed by atoms with Crippen molar-refractivity contribution < 1.29 is 13.5 Å². The van der Waals surface area contributed by atoms with Gasteiger partial charge in [-0.15, -0.1) is 0 Å². The molecule has 3 aromatic heterocycles. The molecule has 2 fully saturated rings. The van der Waals surface area contributed by atoms with Crippen molar-refractivity contribution in [1.82, 2.24) is 34.3 Å². The number of sulfonamides is 1. The molecule has 2 aliphatic rings. The molecule has 1 atom stereocenters. The first-order valence-corrected chi connectivity index (χ1v) is 16.4. The lowest BCUT2D eigenvalue weighted by atomic mass is 9.90. The molecule has 0 aromatic carbocycles. The van der Waals surface area contributed by atoms with Crippen molar-refractivity contribution in [1.29, 1.82) is 0 Å². The Kier molecular flexibility index (Phi) is 8.68. The highest BCUT2D eigenvalue weighted by atomic mass is 32.2. The Morgan fingerprint density at radius 1 is 1.10 bits per heavy atom. The first-order valence-electron chi connectivity index (χ1n) is 14.6. The second-order valence-electron chi connectivity index (χ2n) is 12.0. The first kappa shape index (κ1) is 29.8. The Morgan fingerprint density at radius 2 is 1.78 bits per heavy atom. The van der Waals surface area contributed by atoms with Gasteiger partial charge in [-0.25, -0.2) is 22.4 Å². The van der Waals surface area contributed by atoms with Crippen molar-refractivity contribution in [2.24, 2.45) is 0 Å². The molecule has 41 heavy (non-hydrogen) atoms. The van der Waals surface area contributed by atoms with E-state index >= 15 is 0 Å². The van der Waals surface area contributed by atoms with Crippen molar-refractivity contribution >= 4 is 21.1 Å². The van der Waals surface area contributed by atoms with Crippen molar-refractivity contribution in [3.63, 3.8) is 0 Å². The number of rotatable bonds is 8.